The van der Waals surface area contributed by atoms with Crippen molar-refractivity contribution in [3.8, 4) is 0 Å². The Morgan fingerprint density at radius 1 is 1.25 bits per heavy atom. The Morgan fingerprint density at radius 3 is 2.95 bits per heavy atom. The van der Waals surface area contributed by atoms with E-state index in [1.54, 1.807) is 0 Å². The molecule has 1 atom stereocenters. The third-order valence-electron chi connectivity index (χ3n) is 3.63. The van der Waals surface area contributed by atoms with Crippen LogP contribution in [-0.2, 0) is 6.42 Å². The molecule has 0 saturated carbocycles. The van der Waals surface area contributed by atoms with Gasteiger partial charge in [-0.05, 0) is 29.7 Å². The molecule has 3 aromatic rings. The van der Waals surface area contributed by atoms with Gasteiger partial charge in [0.15, 0.2) is 0 Å². The second-order valence-electron chi connectivity index (χ2n) is 4.83. The second-order valence-corrected chi connectivity index (χ2v) is 4.83. The summed E-state index contributed by atoms with van der Waals surface area (Å²) in [5.74, 6) is 5.79. The lowest BCUT2D eigenvalue weighted by Crippen LogP contribution is -2.28. The maximum Gasteiger partial charge on any atom is 0.0747 e. The van der Waals surface area contributed by atoms with E-state index in [2.05, 4.69) is 47.8 Å². The van der Waals surface area contributed by atoms with Gasteiger partial charge in [0.2, 0.25) is 0 Å². The first-order valence-electron chi connectivity index (χ1n) is 6.80. The molecule has 0 bridgehead atoms. The second kappa shape index (κ2) is 5.45. The first-order chi connectivity index (χ1) is 9.83. The number of rotatable bonds is 4. The van der Waals surface area contributed by atoms with Crippen molar-refractivity contribution in [2.45, 2.75) is 19.4 Å². The van der Waals surface area contributed by atoms with Crippen LogP contribution in [0.5, 0.6) is 0 Å². The van der Waals surface area contributed by atoms with Crippen LogP contribution in [0.4, 0.5) is 0 Å². The number of fused-ring (bicyclic) bond motifs is 1. The molecule has 0 aliphatic heterocycles. The fourth-order valence-corrected chi connectivity index (χ4v) is 2.53. The average Bonchev–Trinajstić information content (AvgIpc) is 2.93. The van der Waals surface area contributed by atoms with Gasteiger partial charge in [-0.2, -0.15) is 5.10 Å². The average molecular weight is 266 g/mol. The first kappa shape index (κ1) is 12.8. The van der Waals surface area contributed by atoms with Gasteiger partial charge in [-0.25, -0.2) is 9.94 Å². The number of pyridine rings is 1. The van der Waals surface area contributed by atoms with Crippen molar-refractivity contribution >= 4 is 5.52 Å². The van der Waals surface area contributed by atoms with Crippen molar-refractivity contribution in [1.82, 2.24) is 15.0 Å². The number of aryl methyl sites for hydroxylation is 1. The zero-order chi connectivity index (χ0) is 13.9. The standard InChI is InChI=1S/C16H18N4/c1-2-12-6-5-7-13(10-12)16(19-17)14-11-18-20-9-4-3-8-15(14)20/h3-11,16,19H,2,17H2,1H3. The largest absolute Gasteiger partial charge is 0.271 e. The Balaban J connectivity index is 2.09. The fraction of sp³-hybridized carbons (Fsp3) is 0.188. The summed E-state index contributed by atoms with van der Waals surface area (Å²) in [5.41, 5.74) is 7.53. The van der Waals surface area contributed by atoms with E-state index in [4.69, 9.17) is 5.84 Å². The minimum Gasteiger partial charge on any atom is -0.271 e. The molecule has 0 fully saturated rings. The molecule has 20 heavy (non-hydrogen) atoms. The molecule has 2 heterocycles. The predicted molar refractivity (Wildman–Crippen MR) is 80.2 cm³/mol. The van der Waals surface area contributed by atoms with Crippen LogP contribution in [0.2, 0.25) is 0 Å². The lowest BCUT2D eigenvalue weighted by atomic mass is 9.98. The molecule has 0 aliphatic carbocycles. The van der Waals surface area contributed by atoms with Crippen molar-refractivity contribution in [2.24, 2.45) is 5.84 Å². The molecule has 0 aliphatic rings. The summed E-state index contributed by atoms with van der Waals surface area (Å²) in [6.45, 7) is 2.15. The smallest absolute Gasteiger partial charge is 0.0747 e. The van der Waals surface area contributed by atoms with Gasteiger partial charge in [0.05, 0.1) is 17.8 Å². The number of nitrogens with two attached hydrogens (primary N) is 1. The molecule has 0 spiro atoms. The highest BCUT2D eigenvalue weighted by Gasteiger charge is 2.17. The molecule has 102 valence electrons. The van der Waals surface area contributed by atoms with E-state index in [-0.39, 0.29) is 6.04 Å². The highest BCUT2D eigenvalue weighted by molar-refractivity contribution is 5.57. The number of hydrazine groups is 1. The van der Waals surface area contributed by atoms with Crippen molar-refractivity contribution in [2.75, 3.05) is 0 Å². The van der Waals surface area contributed by atoms with E-state index in [0.717, 1.165) is 23.1 Å². The van der Waals surface area contributed by atoms with Crippen molar-refractivity contribution < 1.29 is 0 Å². The van der Waals surface area contributed by atoms with E-state index in [1.807, 2.05) is 29.0 Å². The maximum atomic E-state index is 5.79. The fourth-order valence-electron chi connectivity index (χ4n) is 2.53. The van der Waals surface area contributed by atoms with Crippen LogP contribution in [0.3, 0.4) is 0 Å². The zero-order valence-corrected chi connectivity index (χ0v) is 11.5. The zero-order valence-electron chi connectivity index (χ0n) is 11.5. The monoisotopic (exact) mass is 266 g/mol. The van der Waals surface area contributed by atoms with E-state index in [0.29, 0.717) is 0 Å². The predicted octanol–water partition coefficient (Wildman–Crippen LogP) is 2.45. The number of hydrogen-bond acceptors (Lipinski definition) is 3. The van der Waals surface area contributed by atoms with Gasteiger partial charge < -0.3 is 0 Å². The van der Waals surface area contributed by atoms with Crippen LogP contribution in [0, 0.1) is 0 Å². The summed E-state index contributed by atoms with van der Waals surface area (Å²) in [6, 6.07) is 14.5. The minimum atomic E-state index is -0.0543. The van der Waals surface area contributed by atoms with Crippen LogP contribution in [0.15, 0.2) is 54.9 Å². The molecular weight excluding hydrogens is 248 g/mol. The summed E-state index contributed by atoms with van der Waals surface area (Å²) in [6.07, 6.45) is 4.83. The van der Waals surface area contributed by atoms with Gasteiger partial charge in [-0.15, -0.1) is 0 Å². The molecule has 3 rings (SSSR count). The van der Waals surface area contributed by atoms with Gasteiger partial charge in [0.1, 0.15) is 0 Å². The first-order valence-corrected chi connectivity index (χ1v) is 6.80. The van der Waals surface area contributed by atoms with Crippen molar-refractivity contribution in [3.05, 3.63) is 71.5 Å². The number of benzene rings is 1. The summed E-state index contributed by atoms with van der Waals surface area (Å²) >= 11 is 0. The number of nitrogens with one attached hydrogen (secondary N) is 1. The number of aromatic nitrogens is 2. The summed E-state index contributed by atoms with van der Waals surface area (Å²) in [7, 11) is 0. The summed E-state index contributed by atoms with van der Waals surface area (Å²) in [4.78, 5) is 0. The van der Waals surface area contributed by atoms with Crippen LogP contribution in [0.1, 0.15) is 29.7 Å². The molecule has 2 aromatic heterocycles. The molecule has 4 nitrogen and oxygen atoms in total. The highest BCUT2D eigenvalue weighted by atomic mass is 15.3. The van der Waals surface area contributed by atoms with E-state index in [9.17, 15) is 0 Å². The van der Waals surface area contributed by atoms with Gasteiger partial charge in [-0.3, -0.25) is 5.84 Å². The molecule has 0 amide bonds. The molecule has 3 N–H and O–H groups in total. The normalized spacial score (nSPS) is 12.7. The van der Waals surface area contributed by atoms with Gasteiger partial charge >= 0.3 is 0 Å². The summed E-state index contributed by atoms with van der Waals surface area (Å²) < 4.78 is 1.86. The molecule has 0 saturated heterocycles. The van der Waals surface area contributed by atoms with E-state index in [1.165, 1.54) is 5.56 Å². The van der Waals surface area contributed by atoms with Crippen LogP contribution >= 0.6 is 0 Å². The quantitative estimate of drug-likeness (QED) is 0.563. The van der Waals surface area contributed by atoms with Gasteiger partial charge in [-0.1, -0.05) is 37.3 Å². The molecule has 4 heteroatoms. The van der Waals surface area contributed by atoms with Crippen molar-refractivity contribution in [3.63, 3.8) is 0 Å². The van der Waals surface area contributed by atoms with Gasteiger partial charge in [0.25, 0.3) is 0 Å². The third-order valence-corrected chi connectivity index (χ3v) is 3.63. The Hall–Kier alpha value is -2.17. The molecule has 1 aromatic carbocycles. The number of hydrogen-bond donors (Lipinski definition) is 2. The van der Waals surface area contributed by atoms with Crippen molar-refractivity contribution in [1.29, 1.82) is 0 Å². The molecular formula is C16H18N4. The Bertz CT molecular complexity index is 717. The Morgan fingerprint density at radius 2 is 2.15 bits per heavy atom. The van der Waals surface area contributed by atoms with Crippen LogP contribution in [-0.4, -0.2) is 9.61 Å². The van der Waals surface area contributed by atoms with E-state index >= 15 is 0 Å². The maximum absolute atomic E-state index is 5.79. The Kier molecular flexibility index (Phi) is 3.50. The molecule has 0 radical (unpaired) electrons. The Labute approximate surface area is 118 Å². The summed E-state index contributed by atoms with van der Waals surface area (Å²) in [5, 5.41) is 4.38. The third kappa shape index (κ3) is 2.19. The highest BCUT2D eigenvalue weighted by Crippen LogP contribution is 2.25. The SMILES string of the molecule is CCc1cccc(C(NN)c2cnn3ccccc23)c1. The molecule has 1 unspecified atom stereocenters. The number of nitrogens with zero attached hydrogens (tertiary/aromatic N) is 2. The lowest BCUT2D eigenvalue weighted by Gasteiger charge is -2.16. The topological polar surface area (TPSA) is 55.3 Å². The minimum absolute atomic E-state index is 0.0543. The lowest BCUT2D eigenvalue weighted by molar-refractivity contribution is 0.640. The van der Waals surface area contributed by atoms with Crippen LogP contribution < -0.4 is 11.3 Å². The van der Waals surface area contributed by atoms with E-state index < -0.39 is 0 Å². The van der Waals surface area contributed by atoms with Gasteiger partial charge in [0, 0.05) is 11.8 Å². The van der Waals surface area contributed by atoms with Crippen LogP contribution in [0.25, 0.3) is 5.52 Å².